The minimum absolute atomic E-state index is 0.641. The summed E-state index contributed by atoms with van der Waals surface area (Å²) in [7, 11) is 2.01. The Hall–Kier alpha value is -1.81. The van der Waals surface area contributed by atoms with Crippen LogP contribution >= 0.6 is 11.3 Å². The molecule has 1 fully saturated rings. The molecule has 4 rings (SSSR count). The minimum atomic E-state index is 0.641. The Labute approximate surface area is 115 Å². The molecule has 0 unspecified atom stereocenters. The number of thiophene rings is 1. The molecule has 96 valence electrons. The van der Waals surface area contributed by atoms with Gasteiger partial charge in [-0.2, -0.15) is 5.10 Å². The number of fused-ring (bicyclic) bond motifs is 1. The van der Waals surface area contributed by atoms with Gasteiger partial charge in [0.25, 0.3) is 0 Å². The summed E-state index contributed by atoms with van der Waals surface area (Å²) in [6, 6.07) is 11.3. The van der Waals surface area contributed by atoms with Gasteiger partial charge in [-0.25, -0.2) is 0 Å². The molecular formula is C15H15N3S. The molecule has 4 heteroatoms. The molecule has 3 nitrogen and oxygen atoms in total. The van der Waals surface area contributed by atoms with Gasteiger partial charge in [0.2, 0.25) is 0 Å². The fraction of sp³-hybridized carbons (Fsp3) is 0.267. The lowest BCUT2D eigenvalue weighted by atomic mass is 10.1. The van der Waals surface area contributed by atoms with Crippen molar-refractivity contribution in [3.05, 3.63) is 35.7 Å². The first-order valence-electron chi connectivity index (χ1n) is 6.58. The average Bonchev–Trinajstić information content (AvgIpc) is 3.00. The third kappa shape index (κ3) is 1.92. The van der Waals surface area contributed by atoms with Gasteiger partial charge in [-0.3, -0.25) is 4.68 Å². The van der Waals surface area contributed by atoms with Crippen molar-refractivity contribution in [3.8, 4) is 11.3 Å². The quantitative estimate of drug-likeness (QED) is 0.782. The molecule has 0 aliphatic heterocycles. The lowest BCUT2D eigenvalue weighted by Crippen LogP contribution is -2.01. The van der Waals surface area contributed by atoms with E-state index in [0.717, 1.165) is 5.82 Å². The van der Waals surface area contributed by atoms with Crippen molar-refractivity contribution in [3.63, 3.8) is 0 Å². The highest BCUT2D eigenvalue weighted by Crippen LogP contribution is 2.35. The number of aromatic nitrogens is 2. The van der Waals surface area contributed by atoms with Gasteiger partial charge in [-0.15, -0.1) is 11.3 Å². The number of hydrogen-bond donors (Lipinski definition) is 1. The van der Waals surface area contributed by atoms with Crippen LogP contribution in [-0.4, -0.2) is 15.8 Å². The number of rotatable bonds is 3. The van der Waals surface area contributed by atoms with Crippen LogP contribution in [0.25, 0.3) is 21.3 Å². The van der Waals surface area contributed by atoms with Crippen LogP contribution in [0.15, 0.2) is 35.7 Å². The molecule has 1 aliphatic carbocycles. The van der Waals surface area contributed by atoms with Crippen LogP contribution in [0.4, 0.5) is 5.82 Å². The predicted octanol–water partition coefficient (Wildman–Crippen LogP) is 3.88. The summed E-state index contributed by atoms with van der Waals surface area (Å²) in [5.41, 5.74) is 2.46. The van der Waals surface area contributed by atoms with Crippen molar-refractivity contribution in [1.29, 1.82) is 0 Å². The fourth-order valence-corrected chi connectivity index (χ4v) is 3.36. The molecule has 1 aliphatic rings. The van der Waals surface area contributed by atoms with Crippen LogP contribution in [0, 0.1) is 0 Å². The van der Waals surface area contributed by atoms with Gasteiger partial charge in [0.1, 0.15) is 5.82 Å². The van der Waals surface area contributed by atoms with Gasteiger partial charge in [0, 0.05) is 40.2 Å². The van der Waals surface area contributed by atoms with E-state index in [1.165, 1.54) is 34.2 Å². The van der Waals surface area contributed by atoms with E-state index >= 15 is 0 Å². The molecule has 1 saturated carbocycles. The van der Waals surface area contributed by atoms with Gasteiger partial charge in [0.05, 0.1) is 5.69 Å². The maximum absolute atomic E-state index is 4.56. The number of nitrogens with one attached hydrogen (secondary N) is 1. The first kappa shape index (κ1) is 11.1. The van der Waals surface area contributed by atoms with Crippen molar-refractivity contribution >= 4 is 27.2 Å². The highest BCUT2D eigenvalue weighted by atomic mass is 32.1. The zero-order valence-electron chi connectivity index (χ0n) is 10.8. The van der Waals surface area contributed by atoms with E-state index in [4.69, 9.17) is 0 Å². The lowest BCUT2D eigenvalue weighted by Gasteiger charge is -1.99. The zero-order valence-corrected chi connectivity index (χ0v) is 11.6. The molecular weight excluding hydrogens is 254 g/mol. The first-order chi connectivity index (χ1) is 9.31. The molecule has 0 saturated heterocycles. The molecule has 0 radical (unpaired) electrons. The zero-order chi connectivity index (χ0) is 12.8. The van der Waals surface area contributed by atoms with E-state index in [2.05, 4.69) is 46.1 Å². The molecule has 2 aromatic heterocycles. The molecule has 3 aromatic rings. The van der Waals surface area contributed by atoms with E-state index in [9.17, 15) is 0 Å². The van der Waals surface area contributed by atoms with E-state index in [-0.39, 0.29) is 0 Å². The van der Waals surface area contributed by atoms with Gasteiger partial charge in [-0.1, -0.05) is 18.2 Å². The molecule has 0 spiro atoms. The predicted molar refractivity (Wildman–Crippen MR) is 80.7 cm³/mol. The Balaban J connectivity index is 1.80. The third-order valence-electron chi connectivity index (χ3n) is 3.57. The summed E-state index contributed by atoms with van der Waals surface area (Å²) >= 11 is 1.79. The van der Waals surface area contributed by atoms with Crippen LogP contribution in [0.1, 0.15) is 12.8 Å². The molecule has 2 heterocycles. The highest BCUT2D eigenvalue weighted by molar-refractivity contribution is 7.17. The van der Waals surface area contributed by atoms with Gasteiger partial charge < -0.3 is 5.32 Å². The maximum Gasteiger partial charge on any atom is 0.148 e. The molecule has 19 heavy (non-hydrogen) atoms. The second kappa shape index (κ2) is 4.10. The van der Waals surface area contributed by atoms with Crippen molar-refractivity contribution < 1.29 is 0 Å². The summed E-state index contributed by atoms with van der Waals surface area (Å²) in [5, 5.41) is 11.6. The second-order valence-electron chi connectivity index (χ2n) is 5.10. The molecule has 1 N–H and O–H groups in total. The topological polar surface area (TPSA) is 29.9 Å². The van der Waals surface area contributed by atoms with Crippen molar-refractivity contribution in [1.82, 2.24) is 9.78 Å². The first-order valence-corrected chi connectivity index (χ1v) is 7.46. The lowest BCUT2D eigenvalue weighted by molar-refractivity contribution is 0.777. The molecule has 1 aromatic carbocycles. The Morgan fingerprint density at radius 1 is 1.32 bits per heavy atom. The normalized spacial score (nSPS) is 15.0. The van der Waals surface area contributed by atoms with Crippen molar-refractivity contribution in [2.45, 2.75) is 18.9 Å². The number of benzene rings is 1. The van der Waals surface area contributed by atoms with Crippen molar-refractivity contribution in [2.75, 3.05) is 5.32 Å². The fourth-order valence-electron chi connectivity index (χ4n) is 2.40. The number of nitrogens with zero attached hydrogens (tertiary/aromatic N) is 2. The molecule has 0 atom stereocenters. The van der Waals surface area contributed by atoms with Crippen LogP contribution in [0.3, 0.4) is 0 Å². The number of aryl methyl sites for hydroxylation is 1. The van der Waals surface area contributed by atoms with Crippen LogP contribution in [0.5, 0.6) is 0 Å². The molecule has 0 amide bonds. The third-order valence-corrected chi connectivity index (χ3v) is 4.53. The summed E-state index contributed by atoms with van der Waals surface area (Å²) in [5.74, 6) is 0.996. The Bertz CT molecular complexity index is 737. The minimum Gasteiger partial charge on any atom is -0.366 e. The number of hydrogen-bond acceptors (Lipinski definition) is 3. The SMILES string of the molecule is Cn1nc(NC2CC2)cc1-c1csc2ccccc12. The second-order valence-corrected chi connectivity index (χ2v) is 6.01. The highest BCUT2D eigenvalue weighted by Gasteiger charge is 2.22. The number of anilines is 1. The average molecular weight is 269 g/mol. The Morgan fingerprint density at radius 2 is 2.16 bits per heavy atom. The maximum atomic E-state index is 4.56. The molecule has 0 bridgehead atoms. The van der Waals surface area contributed by atoms with E-state index in [0.29, 0.717) is 6.04 Å². The van der Waals surface area contributed by atoms with Crippen LogP contribution in [0.2, 0.25) is 0 Å². The smallest absolute Gasteiger partial charge is 0.148 e. The standard InChI is InChI=1S/C15H15N3S/c1-18-13(8-15(17-18)16-10-6-7-10)12-9-19-14-5-3-2-4-11(12)14/h2-5,8-10H,6-7H2,1H3,(H,16,17). The van der Waals surface area contributed by atoms with Crippen LogP contribution < -0.4 is 5.32 Å². The largest absolute Gasteiger partial charge is 0.366 e. The van der Waals surface area contributed by atoms with Crippen LogP contribution in [-0.2, 0) is 7.05 Å². The van der Waals surface area contributed by atoms with E-state index < -0.39 is 0 Å². The van der Waals surface area contributed by atoms with Gasteiger partial charge >= 0.3 is 0 Å². The summed E-state index contributed by atoms with van der Waals surface area (Å²) in [6.45, 7) is 0. The Morgan fingerprint density at radius 3 is 3.00 bits per heavy atom. The van der Waals surface area contributed by atoms with E-state index in [1.54, 1.807) is 11.3 Å². The summed E-state index contributed by atoms with van der Waals surface area (Å²) in [6.07, 6.45) is 2.54. The summed E-state index contributed by atoms with van der Waals surface area (Å²) in [4.78, 5) is 0. The van der Waals surface area contributed by atoms with E-state index in [1.807, 2.05) is 11.7 Å². The Kier molecular flexibility index (Phi) is 2.38. The van der Waals surface area contributed by atoms with Gasteiger partial charge in [0.15, 0.2) is 0 Å². The van der Waals surface area contributed by atoms with Crippen molar-refractivity contribution in [2.24, 2.45) is 7.05 Å². The monoisotopic (exact) mass is 269 g/mol. The van der Waals surface area contributed by atoms with Gasteiger partial charge in [-0.05, 0) is 18.9 Å². The summed E-state index contributed by atoms with van der Waals surface area (Å²) < 4.78 is 3.30.